The molecule has 0 aromatic carbocycles. The summed E-state index contributed by atoms with van der Waals surface area (Å²) >= 11 is 0. The average Bonchev–Trinajstić information content (AvgIpc) is 2.41. The number of ether oxygens (including phenoxy) is 2. The summed E-state index contributed by atoms with van der Waals surface area (Å²) in [5, 5.41) is 11.4. The quantitative estimate of drug-likeness (QED) is 0.658. The van der Waals surface area contributed by atoms with Gasteiger partial charge in [-0.2, -0.15) is 0 Å². The molecule has 2 N–H and O–H groups in total. The van der Waals surface area contributed by atoms with Crippen molar-refractivity contribution in [2.45, 2.75) is 19.6 Å². The van der Waals surface area contributed by atoms with Crippen molar-refractivity contribution >= 4 is 5.91 Å². The molecule has 0 radical (unpaired) electrons. The SMILES string of the molecule is COCCNC(=O)C(C)Oc1coc(CO)cc1=O. The fourth-order valence-corrected chi connectivity index (χ4v) is 1.27. The van der Waals surface area contributed by atoms with Gasteiger partial charge in [0.15, 0.2) is 6.10 Å². The van der Waals surface area contributed by atoms with Crippen LogP contribution in [0.2, 0.25) is 0 Å². The smallest absolute Gasteiger partial charge is 0.260 e. The van der Waals surface area contributed by atoms with E-state index in [4.69, 9.17) is 19.0 Å². The van der Waals surface area contributed by atoms with E-state index in [1.165, 1.54) is 14.0 Å². The minimum Gasteiger partial charge on any atom is -0.474 e. The number of hydrogen-bond donors (Lipinski definition) is 2. The van der Waals surface area contributed by atoms with Crippen LogP contribution in [0.4, 0.5) is 0 Å². The van der Waals surface area contributed by atoms with Crippen LogP contribution in [0, 0.1) is 0 Å². The molecule has 19 heavy (non-hydrogen) atoms. The summed E-state index contributed by atoms with van der Waals surface area (Å²) in [5.41, 5.74) is -0.452. The number of rotatable bonds is 7. The maximum Gasteiger partial charge on any atom is 0.260 e. The van der Waals surface area contributed by atoms with E-state index in [0.717, 1.165) is 12.3 Å². The third kappa shape index (κ3) is 4.72. The highest BCUT2D eigenvalue weighted by Gasteiger charge is 2.16. The molecule has 1 aromatic heterocycles. The van der Waals surface area contributed by atoms with Crippen LogP contribution in [0.25, 0.3) is 0 Å². The zero-order valence-electron chi connectivity index (χ0n) is 10.8. The lowest BCUT2D eigenvalue weighted by atomic mass is 10.3. The van der Waals surface area contributed by atoms with Crippen LogP contribution in [0.1, 0.15) is 12.7 Å². The predicted octanol–water partition coefficient (Wildman–Crippen LogP) is -0.338. The van der Waals surface area contributed by atoms with Gasteiger partial charge in [-0.15, -0.1) is 0 Å². The van der Waals surface area contributed by atoms with E-state index >= 15 is 0 Å². The lowest BCUT2D eigenvalue weighted by Gasteiger charge is -2.13. The van der Waals surface area contributed by atoms with Crippen molar-refractivity contribution in [2.75, 3.05) is 20.3 Å². The van der Waals surface area contributed by atoms with Gasteiger partial charge in [0.25, 0.3) is 5.91 Å². The van der Waals surface area contributed by atoms with Gasteiger partial charge in [0, 0.05) is 19.7 Å². The number of carbonyl (C=O) groups excluding carboxylic acids is 1. The summed E-state index contributed by atoms with van der Waals surface area (Å²) in [4.78, 5) is 23.2. The van der Waals surface area contributed by atoms with Gasteiger partial charge >= 0.3 is 0 Å². The van der Waals surface area contributed by atoms with Crippen LogP contribution in [0.15, 0.2) is 21.5 Å². The van der Waals surface area contributed by atoms with Crippen molar-refractivity contribution in [3.8, 4) is 5.75 Å². The molecule has 7 heteroatoms. The molecule has 0 spiro atoms. The Bertz CT molecular complexity index is 470. The Kier molecular flexibility index (Phi) is 6.04. The normalized spacial score (nSPS) is 11.9. The number of nitrogens with one attached hydrogen (secondary N) is 1. The van der Waals surface area contributed by atoms with E-state index in [-0.39, 0.29) is 24.0 Å². The summed E-state index contributed by atoms with van der Waals surface area (Å²) < 4.78 is 14.9. The molecule has 1 rings (SSSR count). The third-order valence-corrected chi connectivity index (χ3v) is 2.29. The molecule has 0 aliphatic rings. The Balaban J connectivity index is 2.59. The van der Waals surface area contributed by atoms with Crippen LogP contribution in [0.5, 0.6) is 5.75 Å². The first-order chi connectivity index (χ1) is 9.08. The Morgan fingerprint density at radius 3 is 2.89 bits per heavy atom. The Morgan fingerprint density at radius 1 is 1.58 bits per heavy atom. The van der Waals surface area contributed by atoms with Gasteiger partial charge in [0.05, 0.1) is 6.61 Å². The van der Waals surface area contributed by atoms with E-state index in [2.05, 4.69) is 5.32 Å². The van der Waals surface area contributed by atoms with Crippen LogP contribution in [-0.4, -0.2) is 37.4 Å². The molecule has 1 heterocycles. The number of methoxy groups -OCH3 is 1. The number of amides is 1. The maximum absolute atomic E-state index is 11.6. The second kappa shape index (κ2) is 7.55. The number of carbonyl (C=O) groups is 1. The molecule has 7 nitrogen and oxygen atoms in total. The van der Waals surface area contributed by atoms with Crippen molar-refractivity contribution in [1.29, 1.82) is 0 Å². The Morgan fingerprint density at radius 2 is 2.32 bits per heavy atom. The van der Waals surface area contributed by atoms with Gasteiger partial charge in [-0.3, -0.25) is 9.59 Å². The summed E-state index contributed by atoms with van der Waals surface area (Å²) in [6, 6.07) is 1.12. The zero-order chi connectivity index (χ0) is 14.3. The van der Waals surface area contributed by atoms with Gasteiger partial charge in [-0.25, -0.2) is 0 Å². The molecule has 1 amide bonds. The molecule has 1 unspecified atom stereocenters. The standard InChI is InChI=1S/C12H17NO6/c1-8(12(16)13-3-4-17-2)19-11-7-18-9(6-14)5-10(11)15/h5,7-8,14H,3-4,6H2,1-2H3,(H,13,16). The summed E-state index contributed by atoms with van der Waals surface area (Å²) in [6.07, 6.45) is 0.243. The number of aliphatic hydroxyl groups excluding tert-OH is 1. The minimum absolute atomic E-state index is 0.0772. The second-order valence-corrected chi connectivity index (χ2v) is 3.78. The number of aliphatic hydroxyl groups is 1. The third-order valence-electron chi connectivity index (χ3n) is 2.29. The molecule has 0 bridgehead atoms. The van der Waals surface area contributed by atoms with Gasteiger partial charge in [0.1, 0.15) is 18.6 Å². The highest BCUT2D eigenvalue weighted by molar-refractivity contribution is 5.80. The van der Waals surface area contributed by atoms with E-state index < -0.39 is 11.5 Å². The highest BCUT2D eigenvalue weighted by Crippen LogP contribution is 2.08. The molecular formula is C12H17NO6. The average molecular weight is 271 g/mol. The molecular weight excluding hydrogens is 254 g/mol. The van der Waals surface area contributed by atoms with Crippen molar-refractivity contribution in [1.82, 2.24) is 5.32 Å². The van der Waals surface area contributed by atoms with Crippen molar-refractivity contribution in [2.24, 2.45) is 0 Å². The van der Waals surface area contributed by atoms with Crippen LogP contribution in [0.3, 0.4) is 0 Å². The van der Waals surface area contributed by atoms with E-state index in [9.17, 15) is 9.59 Å². The molecule has 1 aromatic rings. The van der Waals surface area contributed by atoms with Crippen LogP contribution in [-0.2, 0) is 16.1 Å². The van der Waals surface area contributed by atoms with E-state index in [1.54, 1.807) is 0 Å². The molecule has 0 aliphatic carbocycles. The van der Waals surface area contributed by atoms with Gasteiger partial charge in [-0.1, -0.05) is 0 Å². The van der Waals surface area contributed by atoms with Gasteiger partial charge in [0.2, 0.25) is 11.2 Å². The Hall–Kier alpha value is -1.86. The molecule has 0 saturated heterocycles. The first-order valence-corrected chi connectivity index (χ1v) is 5.74. The number of hydrogen-bond acceptors (Lipinski definition) is 6. The summed E-state index contributed by atoms with van der Waals surface area (Å²) in [7, 11) is 1.53. The fraction of sp³-hybridized carbons (Fsp3) is 0.500. The maximum atomic E-state index is 11.6. The highest BCUT2D eigenvalue weighted by atomic mass is 16.5. The predicted molar refractivity (Wildman–Crippen MR) is 65.9 cm³/mol. The van der Waals surface area contributed by atoms with E-state index in [0.29, 0.717) is 13.2 Å². The minimum atomic E-state index is -0.834. The first kappa shape index (κ1) is 15.2. The zero-order valence-corrected chi connectivity index (χ0v) is 10.8. The second-order valence-electron chi connectivity index (χ2n) is 3.78. The van der Waals surface area contributed by atoms with Crippen LogP contribution >= 0.6 is 0 Å². The molecule has 106 valence electrons. The first-order valence-electron chi connectivity index (χ1n) is 5.74. The summed E-state index contributed by atoms with van der Waals surface area (Å²) in [6.45, 7) is 1.90. The molecule has 0 fully saturated rings. The van der Waals surface area contributed by atoms with Gasteiger partial charge < -0.3 is 24.3 Å². The van der Waals surface area contributed by atoms with Gasteiger partial charge in [-0.05, 0) is 6.92 Å². The van der Waals surface area contributed by atoms with Crippen molar-refractivity contribution in [3.05, 3.63) is 28.3 Å². The molecule has 0 saturated carbocycles. The monoisotopic (exact) mass is 271 g/mol. The topological polar surface area (TPSA) is 98.0 Å². The molecule has 1 atom stereocenters. The van der Waals surface area contributed by atoms with Crippen molar-refractivity contribution < 1.29 is 23.8 Å². The van der Waals surface area contributed by atoms with Crippen molar-refractivity contribution in [3.63, 3.8) is 0 Å². The Labute approximate surface area is 110 Å². The lowest BCUT2D eigenvalue weighted by molar-refractivity contribution is -0.127. The summed E-state index contributed by atoms with van der Waals surface area (Å²) in [5.74, 6) is -0.302. The van der Waals surface area contributed by atoms with E-state index in [1.807, 2.05) is 0 Å². The lowest BCUT2D eigenvalue weighted by Crippen LogP contribution is -2.38. The fourth-order valence-electron chi connectivity index (χ4n) is 1.27. The van der Waals surface area contributed by atoms with Crippen LogP contribution < -0.4 is 15.5 Å². The largest absolute Gasteiger partial charge is 0.474 e. The molecule has 0 aliphatic heterocycles.